The zero-order valence-corrected chi connectivity index (χ0v) is 16.5. The Balaban J connectivity index is 0.000000321. The Bertz CT molecular complexity index is 1060. The fourth-order valence-corrected chi connectivity index (χ4v) is 3.01. The number of carboxylic acid groups (broad SMARTS) is 2. The molecular formula is C21H23N3O5. The number of carbonyl (C=O) groups excluding carboxylic acids is 1. The zero-order valence-electron chi connectivity index (χ0n) is 16.5. The number of aliphatic carboxylic acids is 2. The van der Waals surface area contributed by atoms with E-state index in [1.807, 2.05) is 39.1 Å². The summed E-state index contributed by atoms with van der Waals surface area (Å²) in [5.74, 6) is -2.33. The average molecular weight is 397 g/mol. The van der Waals surface area contributed by atoms with E-state index in [9.17, 15) is 14.4 Å². The van der Waals surface area contributed by atoms with E-state index in [0.29, 0.717) is 25.0 Å². The van der Waals surface area contributed by atoms with Gasteiger partial charge in [0.05, 0.1) is 12.0 Å². The van der Waals surface area contributed by atoms with Crippen LogP contribution in [0.5, 0.6) is 0 Å². The molecule has 152 valence electrons. The van der Waals surface area contributed by atoms with Crippen molar-refractivity contribution in [2.24, 2.45) is 7.05 Å². The van der Waals surface area contributed by atoms with E-state index in [2.05, 4.69) is 20.6 Å². The van der Waals surface area contributed by atoms with Crippen molar-refractivity contribution in [3.63, 3.8) is 0 Å². The Labute approximate surface area is 167 Å². The highest BCUT2D eigenvalue weighted by molar-refractivity contribution is 6.09. The summed E-state index contributed by atoms with van der Waals surface area (Å²) in [5.41, 5.74) is 4.99. The number of aromatic amines is 1. The smallest absolute Gasteiger partial charge is 0.328 e. The van der Waals surface area contributed by atoms with Crippen LogP contribution in [0.4, 0.5) is 0 Å². The molecule has 2 aromatic heterocycles. The van der Waals surface area contributed by atoms with E-state index < -0.39 is 11.9 Å². The first kappa shape index (κ1) is 21.6. The number of carboxylic acids is 2. The first-order valence-electron chi connectivity index (χ1n) is 8.92. The second-order valence-electron chi connectivity index (χ2n) is 6.44. The van der Waals surface area contributed by atoms with Crippen LogP contribution in [0.2, 0.25) is 0 Å². The topological polar surface area (TPSA) is 125 Å². The van der Waals surface area contributed by atoms with Crippen LogP contribution in [-0.4, -0.2) is 42.5 Å². The summed E-state index contributed by atoms with van der Waals surface area (Å²) in [6.45, 7) is 3.99. The van der Waals surface area contributed by atoms with Crippen LogP contribution in [0.15, 0.2) is 42.7 Å². The number of H-pyrrole nitrogens is 1. The lowest BCUT2D eigenvalue weighted by molar-refractivity contribution is -0.134. The van der Waals surface area contributed by atoms with Crippen LogP contribution in [0.25, 0.3) is 10.9 Å². The summed E-state index contributed by atoms with van der Waals surface area (Å²) in [5, 5.41) is 16.7. The molecule has 0 radical (unpaired) electrons. The van der Waals surface area contributed by atoms with Crippen molar-refractivity contribution in [2.45, 2.75) is 26.7 Å². The maximum absolute atomic E-state index is 12.6. The predicted octanol–water partition coefficient (Wildman–Crippen LogP) is 3.05. The highest BCUT2D eigenvalue weighted by Crippen LogP contribution is 2.26. The quantitative estimate of drug-likeness (QED) is 0.434. The SMILES string of the molecule is Cc1[nH]cnc1CCC(=O)c1c(C)n(C)c2ccccc12.O=C(O)/C=C\C(=O)O. The fraction of sp³-hybridized carbons (Fsp3) is 0.238. The molecule has 0 saturated carbocycles. The van der Waals surface area contributed by atoms with Gasteiger partial charge in [-0.25, -0.2) is 14.6 Å². The number of benzene rings is 1. The Morgan fingerprint density at radius 3 is 2.28 bits per heavy atom. The van der Waals surface area contributed by atoms with E-state index in [4.69, 9.17) is 10.2 Å². The van der Waals surface area contributed by atoms with Crippen LogP contribution in [0.3, 0.4) is 0 Å². The molecule has 3 N–H and O–H groups in total. The molecule has 0 atom stereocenters. The van der Waals surface area contributed by atoms with Gasteiger partial charge < -0.3 is 19.8 Å². The second kappa shape index (κ2) is 9.50. The minimum absolute atomic E-state index is 0.187. The molecule has 0 fully saturated rings. The van der Waals surface area contributed by atoms with E-state index >= 15 is 0 Å². The molecule has 0 aliphatic heterocycles. The summed E-state index contributed by atoms with van der Waals surface area (Å²) < 4.78 is 2.09. The van der Waals surface area contributed by atoms with Gasteiger partial charge in [0.2, 0.25) is 0 Å². The van der Waals surface area contributed by atoms with Gasteiger partial charge in [-0.15, -0.1) is 0 Å². The number of nitrogens with one attached hydrogen (secondary N) is 1. The summed E-state index contributed by atoms with van der Waals surface area (Å²) in [4.78, 5) is 39.1. The molecule has 1 aromatic carbocycles. The normalized spacial score (nSPS) is 10.7. The molecule has 0 unspecified atom stereocenters. The van der Waals surface area contributed by atoms with E-state index in [0.717, 1.165) is 33.5 Å². The van der Waals surface area contributed by atoms with Gasteiger partial charge in [0.1, 0.15) is 0 Å². The van der Waals surface area contributed by atoms with E-state index in [-0.39, 0.29) is 5.78 Å². The maximum Gasteiger partial charge on any atom is 0.328 e. The molecule has 8 nitrogen and oxygen atoms in total. The molecule has 0 saturated heterocycles. The van der Waals surface area contributed by atoms with Crippen molar-refractivity contribution in [2.75, 3.05) is 0 Å². The number of nitrogens with zero attached hydrogens (tertiary/aromatic N) is 2. The first-order valence-corrected chi connectivity index (χ1v) is 8.92. The van der Waals surface area contributed by atoms with Gasteiger partial charge in [0, 0.05) is 53.5 Å². The van der Waals surface area contributed by atoms with Crippen molar-refractivity contribution in [1.29, 1.82) is 0 Å². The van der Waals surface area contributed by atoms with E-state index in [1.165, 1.54) is 0 Å². The van der Waals surface area contributed by atoms with Gasteiger partial charge >= 0.3 is 11.9 Å². The molecule has 3 rings (SSSR count). The second-order valence-corrected chi connectivity index (χ2v) is 6.44. The number of hydrogen-bond acceptors (Lipinski definition) is 4. The molecule has 2 heterocycles. The van der Waals surface area contributed by atoms with Gasteiger partial charge in [0.25, 0.3) is 0 Å². The van der Waals surface area contributed by atoms with E-state index in [1.54, 1.807) is 6.33 Å². The predicted molar refractivity (Wildman–Crippen MR) is 108 cm³/mol. The Kier molecular flexibility index (Phi) is 7.08. The molecule has 0 aliphatic carbocycles. The molecule has 3 aromatic rings. The minimum atomic E-state index is -1.26. The first-order chi connectivity index (χ1) is 13.7. The number of fused-ring (bicyclic) bond motifs is 1. The van der Waals surface area contributed by atoms with Crippen LogP contribution in [0, 0.1) is 13.8 Å². The Hall–Kier alpha value is -3.68. The summed E-state index contributed by atoms with van der Waals surface area (Å²) >= 11 is 0. The number of ketones is 1. The highest BCUT2D eigenvalue weighted by Gasteiger charge is 2.18. The van der Waals surface area contributed by atoms with Crippen molar-refractivity contribution in [3.05, 3.63) is 65.4 Å². The highest BCUT2D eigenvalue weighted by atomic mass is 16.4. The van der Waals surface area contributed by atoms with Gasteiger partial charge in [-0.2, -0.15) is 0 Å². The average Bonchev–Trinajstić information content (AvgIpc) is 3.20. The maximum atomic E-state index is 12.6. The molecule has 0 bridgehead atoms. The number of carbonyl (C=O) groups is 3. The largest absolute Gasteiger partial charge is 0.478 e. The number of imidazole rings is 1. The summed E-state index contributed by atoms with van der Waals surface area (Å²) in [6, 6.07) is 8.06. The van der Waals surface area contributed by atoms with Crippen LogP contribution < -0.4 is 0 Å². The summed E-state index contributed by atoms with van der Waals surface area (Å²) in [7, 11) is 2.01. The molecule has 0 spiro atoms. The van der Waals surface area contributed by atoms with Gasteiger partial charge in [0.15, 0.2) is 5.78 Å². The Morgan fingerprint density at radius 1 is 1.10 bits per heavy atom. The monoisotopic (exact) mass is 397 g/mol. The molecule has 0 amide bonds. The van der Waals surface area contributed by atoms with Crippen molar-refractivity contribution < 1.29 is 24.6 Å². The van der Waals surface area contributed by atoms with Crippen molar-refractivity contribution in [3.8, 4) is 0 Å². The zero-order chi connectivity index (χ0) is 21.6. The number of hydrogen-bond donors (Lipinski definition) is 3. The van der Waals surface area contributed by atoms with Gasteiger partial charge in [-0.05, 0) is 26.3 Å². The van der Waals surface area contributed by atoms with Crippen LogP contribution in [0.1, 0.15) is 33.9 Å². The van der Waals surface area contributed by atoms with Gasteiger partial charge in [-0.3, -0.25) is 4.79 Å². The number of Topliss-reactive ketones (excluding diaryl/α,β-unsaturated/α-hetero) is 1. The third-order valence-corrected chi connectivity index (χ3v) is 4.57. The number of rotatable bonds is 6. The van der Waals surface area contributed by atoms with Crippen LogP contribution in [-0.2, 0) is 23.1 Å². The third-order valence-electron chi connectivity index (χ3n) is 4.57. The van der Waals surface area contributed by atoms with Crippen molar-refractivity contribution >= 4 is 28.6 Å². The lowest BCUT2D eigenvalue weighted by Crippen LogP contribution is -2.04. The minimum Gasteiger partial charge on any atom is -0.478 e. The number of aromatic nitrogens is 3. The lowest BCUT2D eigenvalue weighted by Gasteiger charge is -2.02. The standard InChI is InChI=1S/C17H19N3O.C4H4O4/c1-11-14(19-10-18-11)8-9-16(21)17-12(2)20(3)15-7-5-4-6-13(15)17;5-3(6)1-2-4(7)8/h4-7,10H,8-9H2,1-3H3,(H,18,19);1-2H,(H,5,6)(H,7,8)/b;2-1-. The number of aryl methyl sites for hydroxylation is 3. The fourth-order valence-electron chi connectivity index (χ4n) is 3.01. The third kappa shape index (κ3) is 5.41. The van der Waals surface area contributed by atoms with Crippen LogP contribution >= 0.6 is 0 Å². The Morgan fingerprint density at radius 2 is 1.72 bits per heavy atom. The molecule has 29 heavy (non-hydrogen) atoms. The lowest BCUT2D eigenvalue weighted by atomic mass is 10.0. The molecule has 8 heteroatoms. The molecule has 0 aliphatic rings. The van der Waals surface area contributed by atoms with Gasteiger partial charge in [-0.1, -0.05) is 18.2 Å². The molecular weight excluding hydrogens is 374 g/mol. The number of para-hydroxylation sites is 1. The summed E-state index contributed by atoms with van der Waals surface area (Å²) in [6.07, 6.45) is 3.96. The van der Waals surface area contributed by atoms with Crippen molar-refractivity contribution in [1.82, 2.24) is 14.5 Å².